The Morgan fingerprint density at radius 3 is 1.54 bits per heavy atom. The smallest absolute Gasteiger partial charge is 0.417 e. The molecule has 9 N–H and O–H groups in total. The van der Waals surface area contributed by atoms with Crippen LogP contribution in [0.3, 0.4) is 0 Å². The highest BCUT2D eigenvalue weighted by atomic mass is 16.6. The number of nitrogens with zero attached hydrogens (tertiary/aromatic N) is 2. The number of carbonyl (C=O) groups is 11. The molecule has 25 heteroatoms. The van der Waals surface area contributed by atoms with Crippen molar-refractivity contribution in [3.8, 4) is 0 Å². The van der Waals surface area contributed by atoms with Gasteiger partial charge >= 0.3 is 6.09 Å². The standard InChI is InChI=1S/C85H111N11O14/c1-51(2)46-63(89-78(104)68-43-44-70(98)96(68)81(107)110-84(12,13)14)75(101)92-71(53(4)108-82(6,7)8)79(105)91-64(47-55-30-19-15-20-31-55)76(102)93-72(54(5)109-83(9,10)11)80(106)95-45-29-40-67(95)77(103)90-66(74(100)88-65(73(99)87-52(3)56-41-42-56)48-57-50-86-62-39-28-27-38-61(57)62)49-69(97)94-85(58-32-21-16-22-33-58,59-34-23-17-24-35-59)60-36-25-18-26-37-60/h15-28,30-39,50-54,56,63-68,71-72,86H,29,40-49H2,1-14H3,(H,87,99)(H,88,100)(H,89,104)(H,90,103)(H,91,105)(H,92,101)(H,93,102)(H,94,97)/t52?,53-,54-,63+,64+,65+,66+,67+,68+,71+,72+/m1/s1. The molecule has 25 nitrogen and oxygen atoms in total. The van der Waals surface area contributed by atoms with Gasteiger partial charge in [0.2, 0.25) is 59.1 Å². The molecule has 1 aliphatic carbocycles. The van der Waals surface area contributed by atoms with E-state index < -0.39 is 154 Å². The fourth-order valence-electron chi connectivity index (χ4n) is 14.5. The lowest BCUT2D eigenvalue weighted by Gasteiger charge is -2.37. The zero-order valence-corrected chi connectivity index (χ0v) is 65.8. The summed E-state index contributed by atoms with van der Waals surface area (Å²) in [6.45, 7) is 24.2. The van der Waals surface area contributed by atoms with Gasteiger partial charge in [0.1, 0.15) is 59.5 Å². The highest BCUT2D eigenvalue weighted by Gasteiger charge is 2.47. The Bertz CT molecular complexity index is 4110. The van der Waals surface area contributed by atoms with E-state index in [1.54, 1.807) is 113 Å². The largest absolute Gasteiger partial charge is 0.443 e. The van der Waals surface area contributed by atoms with E-state index in [-0.39, 0.29) is 69.4 Å². The molecule has 2 aliphatic heterocycles. The van der Waals surface area contributed by atoms with Crippen molar-refractivity contribution in [1.29, 1.82) is 0 Å². The molecule has 1 unspecified atom stereocenters. The Labute approximate surface area is 645 Å². The molecule has 590 valence electrons. The van der Waals surface area contributed by atoms with Crippen molar-refractivity contribution in [3.63, 3.8) is 0 Å². The second-order valence-corrected chi connectivity index (χ2v) is 32.7. The van der Waals surface area contributed by atoms with Gasteiger partial charge in [-0.2, -0.15) is 0 Å². The zero-order valence-electron chi connectivity index (χ0n) is 65.8. The minimum atomic E-state index is -1.68. The second-order valence-electron chi connectivity index (χ2n) is 32.7. The highest BCUT2D eigenvalue weighted by molar-refractivity contribution is 6.03. The number of aromatic amines is 1. The van der Waals surface area contributed by atoms with Crippen LogP contribution < -0.4 is 42.5 Å². The SMILES string of the molecule is CC(C)C[C@H](NC(=O)[C@@H]1CCC(=O)N1C(=O)OC(C)(C)C)C(=O)N[C@H](C(=O)N[C@@H](Cc1ccccc1)C(=O)N[C@H](C(=O)N1CCC[C@H]1C(=O)N[C@@H](CC(=O)NC(c1ccccc1)(c1ccccc1)c1ccccc1)C(=O)N[C@@H](Cc1c[nH]c2ccccc12)C(=O)NC(C)C1CC1)[C@@H](C)OC(C)(C)C)[C@@H](C)OC(C)(C)C. The number of imide groups is 1. The minimum Gasteiger partial charge on any atom is -0.443 e. The fourth-order valence-corrected chi connectivity index (χ4v) is 14.5. The Morgan fingerprint density at radius 1 is 0.500 bits per heavy atom. The van der Waals surface area contributed by atoms with Gasteiger partial charge in [-0.15, -0.1) is 0 Å². The molecule has 3 heterocycles. The number of ether oxygens (including phenoxy) is 3. The van der Waals surface area contributed by atoms with Crippen LogP contribution in [-0.2, 0) is 80.5 Å². The van der Waals surface area contributed by atoms with E-state index in [9.17, 15) is 24.0 Å². The summed E-state index contributed by atoms with van der Waals surface area (Å²) in [4.78, 5) is 169. The van der Waals surface area contributed by atoms with Gasteiger partial charge in [0.05, 0.1) is 29.8 Å². The van der Waals surface area contributed by atoms with Crippen molar-refractivity contribution in [3.05, 3.63) is 180 Å². The average molecular weight is 1510 g/mol. The molecular weight excluding hydrogens is 1400 g/mol. The summed E-state index contributed by atoms with van der Waals surface area (Å²) in [5.41, 5.74) is 0.0501. The van der Waals surface area contributed by atoms with Crippen LogP contribution in [0.4, 0.5) is 4.79 Å². The second kappa shape index (κ2) is 36.5. The van der Waals surface area contributed by atoms with Crippen molar-refractivity contribution in [2.24, 2.45) is 11.8 Å². The molecular formula is C85H111N11O14. The number of hydrogen-bond acceptors (Lipinski definition) is 14. The molecule has 6 aromatic rings. The first-order chi connectivity index (χ1) is 52.0. The van der Waals surface area contributed by atoms with Crippen LogP contribution in [0.15, 0.2) is 152 Å². The minimum absolute atomic E-state index is 0.00106. The van der Waals surface area contributed by atoms with Crippen LogP contribution in [0.25, 0.3) is 10.9 Å². The maximum atomic E-state index is 15.8. The van der Waals surface area contributed by atoms with Crippen LogP contribution in [0.1, 0.15) is 176 Å². The zero-order chi connectivity index (χ0) is 80.0. The molecule has 2 saturated heterocycles. The number of para-hydroxylation sites is 1. The molecule has 0 spiro atoms. The number of carbonyl (C=O) groups excluding carboxylic acids is 11. The van der Waals surface area contributed by atoms with Crippen LogP contribution >= 0.6 is 0 Å². The summed E-state index contributed by atoms with van der Waals surface area (Å²) < 4.78 is 18.3. The van der Waals surface area contributed by atoms with Gasteiger partial charge in [-0.1, -0.05) is 153 Å². The summed E-state index contributed by atoms with van der Waals surface area (Å²) in [5, 5.41) is 24.4. The third-order valence-electron chi connectivity index (χ3n) is 19.8. The molecule has 3 fully saturated rings. The monoisotopic (exact) mass is 1510 g/mol. The molecule has 11 amide bonds. The number of H-pyrrole nitrogens is 1. The third-order valence-corrected chi connectivity index (χ3v) is 19.8. The lowest BCUT2D eigenvalue weighted by atomic mass is 9.77. The number of likely N-dealkylation sites (tertiary alicyclic amines) is 2. The third kappa shape index (κ3) is 22.5. The molecule has 3 aliphatic rings. The van der Waals surface area contributed by atoms with Crippen molar-refractivity contribution in [2.75, 3.05) is 6.54 Å². The van der Waals surface area contributed by atoms with E-state index in [2.05, 4.69) is 47.5 Å². The van der Waals surface area contributed by atoms with E-state index >= 15 is 28.8 Å². The quantitative estimate of drug-likeness (QED) is 0.0179. The van der Waals surface area contributed by atoms with Crippen LogP contribution in [-0.4, -0.2) is 170 Å². The van der Waals surface area contributed by atoms with Gasteiger partial charge < -0.3 is 66.6 Å². The summed E-state index contributed by atoms with van der Waals surface area (Å²) in [6.07, 6.45) is -0.0927. The maximum Gasteiger partial charge on any atom is 0.417 e. The molecule has 5 aromatic carbocycles. The fraction of sp³-hybridized carbons (Fsp3) is 0.494. The van der Waals surface area contributed by atoms with Gasteiger partial charge in [-0.3, -0.25) is 47.9 Å². The number of nitrogens with one attached hydrogen (secondary N) is 9. The van der Waals surface area contributed by atoms with Crippen molar-refractivity contribution in [1.82, 2.24) is 57.3 Å². The van der Waals surface area contributed by atoms with Gasteiger partial charge in [-0.25, -0.2) is 9.69 Å². The number of amides is 11. The highest BCUT2D eigenvalue weighted by Crippen LogP contribution is 2.38. The van der Waals surface area contributed by atoms with E-state index in [1.807, 2.05) is 136 Å². The van der Waals surface area contributed by atoms with E-state index in [0.717, 1.165) is 34.2 Å². The topological polar surface area (TPSA) is 334 Å². The molecule has 9 rings (SSSR count). The normalized spacial score (nSPS) is 17.9. The number of hydrogen-bond donors (Lipinski definition) is 9. The first-order valence-electron chi connectivity index (χ1n) is 38.4. The predicted octanol–water partition coefficient (Wildman–Crippen LogP) is 8.65. The number of benzene rings is 5. The summed E-state index contributed by atoms with van der Waals surface area (Å²) in [6, 6.07) is 32.9. The van der Waals surface area contributed by atoms with Crippen molar-refractivity contribution < 1.29 is 67.0 Å². The van der Waals surface area contributed by atoms with Crippen LogP contribution in [0, 0.1) is 11.8 Å². The van der Waals surface area contributed by atoms with Crippen LogP contribution in [0.5, 0.6) is 0 Å². The van der Waals surface area contributed by atoms with Gasteiger partial charge in [0, 0.05) is 48.9 Å². The Hall–Kier alpha value is -10.3. The van der Waals surface area contributed by atoms with Gasteiger partial charge in [0.15, 0.2) is 0 Å². The van der Waals surface area contributed by atoms with Gasteiger partial charge in [-0.05, 0) is 167 Å². The summed E-state index contributed by atoms with van der Waals surface area (Å²) in [7, 11) is 0. The Kier molecular flexibility index (Phi) is 27.8. The van der Waals surface area contributed by atoms with E-state index in [1.165, 1.54) is 4.90 Å². The summed E-state index contributed by atoms with van der Waals surface area (Å²) >= 11 is 0. The molecule has 1 saturated carbocycles. The average Bonchev–Trinajstić information content (AvgIpc) is 0.818. The van der Waals surface area contributed by atoms with Crippen LogP contribution in [0.2, 0.25) is 0 Å². The Morgan fingerprint density at radius 2 is 0.982 bits per heavy atom. The lowest BCUT2D eigenvalue weighted by Crippen LogP contribution is -2.64. The number of aromatic nitrogens is 1. The van der Waals surface area contributed by atoms with E-state index in [4.69, 9.17) is 14.2 Å². The number of fused-ring (bicyclic) bond motifs is 1. The van der Waals surface area contributed by atoms with Crippen molar-refractivity contribution >= 4 is 76.1 Å². The molecule has 0 radical (unpaired) electrons. The van der Waals surface area contributed by atoms with Crippen molar-refractivity contribution in [2.45, 2.75) is 250 Å². The maximum absolute atomic E-state index is 15.8. The molecule has 0 bridgehead atoms. The number of rotatable bonds is 32. The first kappa shape index (κ1) is 83.8. The first-order valence-corrected chi connectivity index (χ1v) is 38.4. The predicted molar refractivity (Wildman–Crippen MR) is 417 cm³/mol. The molecule has 11 atom stereocenters. The molecule has 1 aromatic heterocycles. The van der Waals surface area contributed by atoms with E-state index in [0.29, 0.717) is 22.3 Å². The Balaban J connectivity index is 1.02. The summed E-state index contributed by atoms with van der Waals surface area (Å²) in [5.74, 6) is -7.46. The van der Waals surface area contributed by atoms with Gasteiger partial charge in [0.25, 0.3) is 0 Å². The lowest BCUT2D eigenvalue weighted by molar-refractivity contribution is -0.149. The molecule has 110 heavy (non-hydrogen) atoms.